The summed E-state index contributed by atoms with van der Waals surface area (Å²) < 4.78 is 68.2. The predicted molar refractivity (Wildman–Crippen MR) is 20.9 cm³/mol. The van der Waals surface area contributed by atoms with Crippen molar-refractivity contribution in [1.29, 1.82) is 0 Å². The first-order chi connectivity index (χ1) is 4.00. The normalized spacial score (nSPS) is 9.67. The van der Waals surface area contributed by atoms with Gasteiger partial charge in [-0.15, -0.1) is 0 Å². The Balaban J connectivity index is -0.0000000457. The fourth-order valence-electron chi connectivity index (χ4n) is 0. The predicted octanol–water partition coefficient (Wildman–Crippen LogP) is -2.68. The van der Waals surface area contributed by atoms with Crippen LogP contribution >= 0.6 is 0 Å². The first-order valence-corrected chi connectivity index (χ1v) is 4.00. The molecule has 12 heteroatoms. The molecule has 0 aliphatic rings. The average molecular weight is 288 g/mol. The topological polar surface area (TPSA) is 161 Å². The van der Waals surface area contributed by atoms with Crippen LogP contribution in [0.5, 0.6) is 0 Å². The van der Waals surface area contributed by atoms with Crippen LogP contribution in [0.2, 0.25) is 0 Å². The monoisotopic (exact) mass is 288 g/mol. The Kier molecular flexibility index (Phi) is 16.9. The Morgan fingerprint density at radius 2 is 0.583 bits per heavy atom. The Bertz CT molecular complexity index is 211. The molecular weight excluding hydrogens is 288 g/mol. The molecule has 0 aliphatic carbocycles. The largest absolute Gasteiger partial charge is 4.00 e. The second-order valence-corrected chi connectivity index (χ2v) is 2.45. The zero-order valence-corrected chi connectivity index (χ0v) is 9.84. The molecule has 0 N–H and O–H groups in total. The standard InChI is InChI=1S/2H2O4S.2Ti/c2*1-5(2,3)4;;/h2*(H2,1,2,3,4);;/q;;2*+4/p-4. The van der Waals surface area contributed by atoms with Crippen LogP contribution in [0.25, 0.3) is 0 Å². The van der Waals surface area contributed by atoms with E-state index < -0.39 is 20.8 Å². The quantitative estimate of drug-likeness (QED) is 0.264. The van der Waals surface area contributed by atoms with Gasteiger partial charge >= 0.3 is 43.4 Å². The van der Waals surface area contributed by atoms with Gasteiger partial charge < -0.3 is 18.2 Å². The summed E-state index contributed by atoms with van der Waals surface area (Å²) in [4.78, 5) is 0. The zero-order chi connectivity index (χ0) is 9.00. The van der Waals surface area contributed by atoms with E-state index in [1.807, 2.05) is 0 Å². The van der Waals surface area contributed by atoms with E-state index in [-0.39, 0.29) is 43.4 Å². The minimum atomic E-state index is -5.17. The van der Waals surface area contributed by atoms with Crippen molar-refractivity contribution in [3.8, 4) is 0 Å². The van der Waals surface area contributed by atoms with Crippen molar-refractivity contribution >= 4 is 20.8 Å². The molecule has 0 unspecified atom stereocenters. The number of hydrogen-bond acceptors (Lipinski definition) is 8. The summed E-state index contributed by atoms with van der Waals surface area (Å²) in [5.74, 6) is 0. The Hall–Kier alpha value is 1.17. The third-order valence-corrected chi connectivity index (χ3v) is 0. The minimum absolute atomic E-state index is 0. The molecule has 0 radical (unpaired) electrons. The number of rotatable bonds is 0. The summed E-state index contributed by atoms with van der Waals surface area (Å²) in [6, 6.07) is 0. The van der Waals surface area contributed by atoms with Crippen LogP contribution < -0.4 is 0 Å². The molecule has 0 fully saturated rings. The molecule has 0 aliphatic heterocycles. The van der Waals surface area contributed by atoms with E-state index in [1.54, 1.807) is 0 Å². The molecule has 0 aromatic carbocycles. The van der Waals surface area contributed by atoms with Gasteiger partial charge in [0.25, 0.3) is 0 Å². The van der Waals surface area contributed by atoms with Crippen molar-refractivity contribution in [3.63, 3.8) is 0 Å². The maximum atomic E-state index is 8.52. The Morgan fingerprint density at radius 3 is 0.583 bits per heavy atom. The Morgan fingerprint density at radius 1 is 0.583 bits per heavy atom. The zero-order valence-electron chi connectivity index (χ0n) is 5.08. The van der Waals surface area contributed by atoms with Crippen LogP contribution in [0.3, 0.4) is 0 Å². The maximum absolute atomic E-state index is 8.52. The van der Waals surface area contributed by atoms with Crippen LogP contribution in [0, 0.1) is 0 Å². The molecule has 12 heavy (non-hydrogen) atoms. The molecule has 0 rings (SSSR count). The maximum Gasteiger partial charge on any atom is 4.00 e. The van der Waals surface area contributed by atoms with E-state index in [9.17, 15) is 0 Å². The SMILES string of the molecule is O=S(=O)([O-])[O-].O=S(=O)([O-])[O-].[Ti+4].[Ti+4]. The van der Waals surface area contributed by atoms with Crippen LogP contribution in [0.15, 0.2) is 0 Å². The van der Waals surface area contributed by atoms with E-state index in [1.165, 1.54) is 0 Å². The molecule has 0 atom stereocenters. The van der Waals surface area contributed by atoms with Gasteiger partial charge in [0.1, 0.15) is 0 Å². The van der Waals surface area contributed by atoms with E-state index in [4.69, 9.17) is 35.0 Å². The van der Waals surface area contributed by atoms with Gasteiger partial charge in [0.15, 0.2) is 0 Å². The first kappa shape index (κ1) is 23.2. The molecule has 64 valence electrons. The molecule has 0 spiro atoms. The second-order valence-electron chi connectivity index (χ2n) is 0.816. The molecule has 0 aromatic heterocycles. The van der Waals surface area contributed by atoms with Crippen molar-refractivity contribution in [3.05, 3.63) is 0 Å². The summed E-state index contributed by atoms with van der Waals surface area (Å²) >= 11 is 0. The minimum Gasteiger partial charge on any atom is -0.759 e. The molecular formula is O8S2Ti2+4. The van der Waals surface area contributed by atoms with Gasteiger partial charge in [-0.05, 0) is 0 Å². The third-order valence-electron chi connectivity index (χ3n) is 0. The van der Waals surface area contributed by atoms with Gasteiger partial charge in [0.05, 0.1) is 0 Å². The molecule has 0 saturated carbocycles. The smallest absolute Gasteiger partial charge is 0.759 e. The fourth-order valence-corrected chi connectivity index (χ4v) is 0. The van der Waals surface area contributed by atoms with Crippen LogP contribution in [-0.4, -0.2) is 35.0 Å². The summed E-state index contributed by atoms with van der Waals surface area (Å²) in [6.07, 6.45) is 0. The van der Waals surface area contributed by atoms with Crippen molar-refractivity contribution in [2.75, 3.05) is 0 Å². The van der Waals surface area contributed by atoms with Gasteiger partial charge in [-0.3, -0.25) is 16.8 Å². The third kappa shape index (κ3) is 846. The van der Waals surface area contributed by atoms with E-state index in [0.717, 1.165) is 0 Å². The van der Waals surface area contributed by atoms with Crippen molar-refractivity contribution in [1.82, 2.24) is 0 Å². The van der Waals surface area contributed by atoms with Gasteiger partial charge in [-0.2, -0.15) is 0 Å². The molecule has 0 aromatic rings. The number of hydrogen-bond donors (Lipinski definition) is 0. The van der Waals surface area contributed by atoms with Crippen LogP contribution in [0.4, 0.5) is 0 Å². The fraction of sp³-hybridized carbons (Fsp3) is 0. The Labute approximate surface area is 98.7 Å². The van der Waals surface area contributed by atoms with Crippen molar-refractivity contribution in [2.45, 2.75) is 0 Å². The van der Waals surface area contributed by atoms with Gasteiger partial charge in [0.2, 0.25) is 0 Å². The van der Waals surface area contributed by atoms with Gasteiger partial charge in [-0.25, -0.2) is 0 Å². The molecule has 0 saturated heterocycles. The first-order valence-electron chi connectivity index (χ1n) is 1.33. The van der Waals surface area contributed by atoms with E-state index in [2.05, 4.69) is 0 Å². The van der Waals surface area contributed by atoms with E-state index >= 15 is 0 Å². The summed E-state index contributed by atoms with van der Waals surface area (Å²) in [7, 11) is -10.3. The van der Waals surface area contributed by atoms with Crippen LogP contribution in [0.1, 0.15) is 0 Å². The molecule has 8 nitrogen and oxygen atoms in total. The van der Waals surface area contributed by atoms with Crippen molar-refractivity contribution < 1.29 is 78.5 Å². The van der Waals surface area contributed by atoms with Crippen molar-refractivity contribution in [2.24, 2.45) is 0 Å². The second kappa shape index (κ2) is 8.75. The molecule has 0 bridgehead atoms. The van der Waals surface area contributed by atoms with Gasteiger partial charge in [0, 0.05) is 20.8 Å². The molecule has 0 amide bonds. The summed E-state index contributed by atoms with van der Waals surface area (Å²) in [5, 5.41) is 0. The summed E-state index contributed by atoms with van der Waals surface area (Å²) in [5.41, 5.74) is 0. The average Bonchev–Trinajstić information content (AvgIpc) is 1.12. The van der Waals surface area contributed by atoms with Gasteiger partial charge in [-0.1, -0.05) is 0 Å². The summed E-state index contributed by atoms with van der Waals surface area (Å²) in [6.45, 7) is 0. The molecule has 0 heterocycles. The van der Waals surface area contributed by atoms with E-state index in [0.29, 0.717) is 0 Å². The van der Waals surface area contributed by atoms with Crippen LogP contribution in [-0.2, 0) is 64.2 Å².